The number of hydrogen-bond acceptors (Lipinski definition) is 4. The van der Waals surface area contributed by atoms with E-state index in [9.17, 15) is 0 Å². The smallest absolute Gasteiger partial charge is 0.207 e. The third kappa shape index (κ3) is 3.55. The van der Waals surface area contributed by atoms with Crippen LogP contribution < -0.4 is 5.01 Å². The Bertz CT molecular complexity index is 1200. The van der Waals surface area contributed by atoms with Crippen molar-refractivity contribution in [1.82, 2.24) is 4.98 Å². The van der Waals surface area contributed by atoms with Crippen LogP contribution in [0.4, 0.5) is 5.13 Å². The van der Waals surface area contributed by atoms with E-state index in [1.807, 2.05) is 18.2 Å². The lowest BCUT2D eigenvalue weighted by Gasteiger charge is -2.21. The summed E-state index contributed by atoms with van der Waals surface area (Å²) in [4.78, 5) is 4.94. The largest absolute Gasteiger partial charge is 0.231 e. The zero-order valence-corrected chi connectivity index (χ0v) is 17.9. The first-order chi connectivity index (χ1) is 14.7. The van der Waals surface area contributed by atoms with Gasteiger partial charge in [0.25, 0.3) is 0 Å². The fourth-order valence-electron chi connectivity index (χ4n) is 3.83. The molecule has 4 heteroatoms. The minimum atomic E-state index is 0.151. The summed E-state index contributed by atoms with van der Waals surface area (Å²) in [6.45, 7) is 4.31. The van der Waals surface area contributed by atoms with Gasteiger partial charge >= 0.3 is 0 Å². The molecule has 1 aliphatic rings. The number of benzene rings is 3. The first-order valence-corrected chi connectivity index (χ1v) is 11.1. The number of aryl methyl sites for hydroxylation is 2. The molecule has 1 aliphatic heterocycles. The van der Waals surface area contributed by atoms with Gasteiger partial charge in [0.2, 0.25) is 5.13 Å². The highest BCUT2D eigenvalue weighted by atomic mass is 32.1. The van der Waals surface area contributed by atoms with Gasteiger partial charge in [-0.2, -0.15) is 5.10 Å². The molecule has 148 valence electrons. The van der Waals surface area contributed by atoms with Gasteiger partial charge in [-0.3, -0.25) is 0 Å². The molecule has 1 aromatic heterocycles. The molecular formula is C26H23N3S. The fourth-order valence-corrected chi connectivity index (χ4v) is 4.66. The minimum Gasteiger partial charge on any atom is -0.231 e. The van der Waals surface area contributed by atoms with E-state index in [2.05, 4.69) is 84.9 Å². The molecule has 0 amide bonds. The van der Waals surface area contributed by atoms with Gasteiger partial charge in [-0.05, 0) is 42.2 Å². The molecule has 0 fully saturated rings. The maximum atomic E-state index is 5.06. The second kappa shape index (κ2) is 7.88. The molecule has 1 atom stereocenters. The normalized spacial score (nSPS) is 16.0. The minimum absolute atomic E-state index is 0.151. The fraction of sp³-hybridized carbons (Fsp3) is 0.154. The summed E-state index contributed by atoms with van der Waals surface area (Å²) in [6, 6.07) is 27.7. The number of aromatic nitrogens is 1. The molecule has 3 nitrogen and oxygen atoms in total. The standard InChI is InChI=1S/C26H23N3S/c1-18-13-14-22(15-19(18)2)23-16-25(21-11-7-4-8-12-21)29(28-23)26-27-24(17-30-26)20-9-5-3-6-10-20/h3-15,17,25H,16H2,1-2H3. The average Bonchev–Trinajstić information content (AvgIpc) is 3.44. The van der Waals surface area contributed by atoms with Crippen molar-refractivity contribution in [2.45, 2.75) is 26.3 Å². The van der Waals surface area contributed by atoms with E-state index in [4.69, 9.17) is 10.1 Å². The highest BCUT2D eigenvalue weighted by Crippen LogP contribution is 2.39. The third-order valence-corrected chi connectivity index (χ3v) is 6.52. The zero-order chi connectivity index (χ0) is 20.5. The summed E-state index contributed by atoms with van der Waals surface area (Å²) >= 11 is 1.65. The van der Waals surface area contributed by atoms with E-state index in [1.54, 1.807) is 11.3 Å². The van der Waals surface area contributed by atoms with Crippen LogP contribution >= 0.6 is 11.3 Å². The highest BCUT2D eigenvalue weighted by molar-refractivity contribution is 7.14. The lowest BCUT2D eigenvalue weighted by atomic mass is 9.97. The number of hydrogen-bond donors (Lipinski definition) is 0. The second-order valence-corrected chi connectivity index (χ2v) is 8.54. The van der Waals surface area contributed by atoms with Crippen molar-refractivity contribution >= 4 is 22.2 Å². The Labute approximate surface area is 181 Å². The summed E-state index contributed by atoms with van der Waals surface area (Å²) in [5, 5.41) is 10.2. The van der Waals surface area contributed by atoms with Crippen molar-refractivity contribution in [2.24, 2.45) is 5.10 Å². The molecule has 30 heavy (non-hydrogen) atoms. The van der Waals surface area contributed by atoms with Crippen LogP contribution in [0.25, 0.3) is 11.3 Å². The zero-order valence-electron chi connectivity index (χ0n) is 17.1. The van der Waals surface area contributed by atoms with Crippen LogP contribution in [0.15, 0.2) is 89.3 Å². The molecule has 0 saturated heterocycles. The SMILES string of the molecule is Cc1ccc(C2=NN(c3nc(-c4ccccc4)cs3)C(c3ccccc3)C2)cc1C. The lowest BCUT2D eigenvalue weighted by Crippen LogP contribution is -2.18. The number of rotatable bonds is 4. The van der Waals surface area contributed by atoms with Crippen molar-refractivity contribution in [3.05, 3.63) is 106 Å². The van der Waals surface area contributed by atoms with Crippen LogP contribution in [0.2, 0.25) is 0 Å². The number of nitrogens with zero attached hydrogens (tertiary/aromatic N) is 3. The van der Waals surface area contributed by atoms with E-state index >= 15 is 0 Å². The molecule has 0 aliphatic carbocycles. The molecule has 0 saturated carbocycles. The van der Waals surface area contributed by atoms with Gasteiger partial charge in [-0.25, -0.2) is 9.99 Å². The maximum Gasteiger partial charge on any atom is 0.207 e. The summed E-state index contributed by atoms with van der Waals surface area (Å²) < 4.78 is 0. The van der Waals surface area contributed by atoms with E-state index in [1.165, 1.54) is 22.3 Å². The van der Waals surface area contributed by atoms with Crippen LogP contribution in [0, 0.1) is 13.8 Å². The van der Waals surface area contributed by atoms with Crippen LogP contribution in [-0.4, -0.2) is 10.7 Å². The van der Waals surface area contributed by atoms with Crippen LogP contribution in [-0.2, 0) is 0 Å². The quantitative estimate of drug-likeness (QED) is 0.371. The predicted octanol–water partition coefficient (Wildman–Crippen LogP) is 6.78. The molecule has 4 aromatic rings. The molecule has 1 unspecified atom stereocenters. The Morgan fingerprint density at radius 2 is 1.57 bits per heavy atom. The number of thiazole rings is 1. The molecule has 5 rings (SSSR count). The van der Waals surface area contributed by atoms with E-state index in [-0.39, 0.29) is 6.04 Å². The predicted molar refractivity (Wildman–Crippen MR) is 126 cm³/mol. The lowest BCUT2D eigenvalue weighted by molar-refractivity contribution is 0.706. The Hall–Kier alpha value is -3.24. The van der Waals surface area contributed by atoms with E-state index < -0.39 is 0 Å². The second-order valence-electron chi connectivity index (χ2n) is 7.70. The van der Waals surface area contributed by atoms with Crippen molar-refractivity contribution < 1.29 is 0 Å². The summed E-state index contributed by atoms with van der Waals surface area (Å²) in [7, 11) is 0. The molecular weight excluding hydrogens is 386 g/mol. The first-order valence-electron chi connectivity index (χ1n) is 10.2. The van der Waals surface area contributed by atoms with Crippen molar-refractivity contribution in [2.75, 3.05) is 5.01 Å². The molecule has 3 aromatic carbocycles. The van der Waals surface area contributed by atoms with E-state index in [0.29, 0.717) is 0 Å². The highest BCUT2D eigenvalue weighted by Gasteiger charge is 2.31. The van der Waals surface area contributed by atoms with Gasteiger partial charge in [-0.1, -0.05) is 72.8 Å². The Kier molecular flexibility index (Phi) is 4.93. The van der Waals surface area contributed by atoms with Crippen LogP contribution in [0.5, 0.6) is 0 Å². The molecule has 0 spiro atoms. The topological polar surface area (TPSA) is 28.5 Å². The van der Waals surface area contributed by atoms with Crippen molar-refractivity contribution in [3.8, 4) is 11.3 Å². The average molecular weight is 410 g/mol. The summed E-state index contributed by atoms with van der Waals surface area (Å²) in [5.74, 6) is 0. The Morgan fingerprint density at radius 3 is 2.30 bits per heavy atom. The first kappa shape index (κ1) is 18.8. The Morgan fingerprint density at radius 1 is 0.833 bits per heavy atom. The van der Waals surface area contributed by atoms with Crippen molar-refractivity contribution in [3.63, 3.8) is 0 Å². The molecule has 0 bridgehead atoms. The summed E-state index contributed by atoms with van der Waals surface area (Å²) in [5.41, 5.74) is 8.30. The molecule has 0 radical (unpaired) electrons. The van der Waals surface area contributed by atoms with Gasteiger partial charge in [0, 0.05) is 17.4 Å². The van der Waals surface area contributed by atoms with Crippen molar-refractivity contribution in [1.29, 1.82) is 0 Å². The maximum absolute atomic E-state index is 5.06. The molecule has 0 N–H and O–H groups in total. The third-order valence-electron chi connectivity index (χ3n) is 5.69. The van der Waals surface area contributed by atoms with E-state index in [0.717, 1.165) is 28.5 Å². The Balaban J connectivity index is 1.54. The van der Waals surface area contributed by atoms with Crippen LogP contribution in [0.3, 0.4) is 0 Å². The van der Waals surface area contributed by atoms with Gasteiger partial charge < -0.3 is 0 Å². The molecule has 2 heterocycles. The van der Waals surface area contributed by atoms with Crippen LogP contribution in [0.1, 0.15) is 34.7 Å². The van der Waals surface area contributed by atoms with Gasteiger partial charge in [-0.15, -0.1) is 11.3 Å². The van der Waals surface area contributed by atoms with Gasteiger partial charge in [0.15, 0.2) is 0 Å². The summed E-state index contributed by atoms with van der Waals surface area (Å²) in [6.07, 6.45) is 0.868. The number of anilines is 1. The van der Waals surface area contributed by atoms with Gasteiger partial charge in [0.05, 0.1) is 17.4 Å². The number of hydrazone groups is 1. The van der Waals surface area contributed by atoms with Gasteiger partial charge in [0.1, 0.15) is 0 Å². The monoisotopic (exact) mass is 409 g/mol.